The minimum absolute atomic E-state index is 0. The number of rotatable bonds is 5. The molecule has 10 heteroatoms. The van der Waals surface area contributed by atoms with Gasteiger partial charge in [0, 0.05) is 11.6 Å². The fourth-order valence-electron chi connectivity index (χ4n) is 5.12. The molecule has 0 aromatic heterocycles. The van der Waals surface area contributed by atoms with Crippen LogP contribution in [0.2, 0.25) is 0 Å². The Hall–Kier alpha value is -4.60. The van der Waals surface area contributed by atoms with Gasteiger partial charge in [0.2, 0.25) is 0 Å². The van der Waals surface area contributed by atoms with Crippen molar-refractivity contribution in [3.63, 3.8) is 0 Å². The number of benzene rings is 5. The van der Waals surface area contributed by atoms with Gasteiger partial charge in [-0.25, -0.2) is 17.6 Å². The summed E-state index contributed by atoms with van der Waals surface area (Å²) in [5.74, 6) is -0.700. The highest BCUT2D eigenvalue weighted by Gasteiger charge is 2.37. The number of alkyl halides is 6. The monoisotopic (exact) mass is 899 g/mol. The third-order valence-electron chi connectivity index (χ3n) is 9.29. The van der Waals surface area contributed by atoms with Crippen LogP contribution in [0, 0.1) is 44.0 Å². The third-order valence-corrected chi connectivity index (χ3v) is 9.29. The zero-order valence-corrected chi connectivity index (χ0v) is 36.9. The molecule has 63 heavy (non-hydrogen) atoms. The lowest BCUT2D eigenvalue weighted by molar-refractivity contribution is -0.143. The molecule has 5 aromatic rings. The van der Waals surface area contributed by atoms with Gasteiger partial charge in [-0.05, 0) is 121 Å². The van der Waals surface area contributed by atoms with E-state index >= 15 is 0 Å². The normalized spacial score (nSPS) is 10.8. The number of hydrogen-bond donors (Lipinski definition) is 0. The zero-order chi connectivity index (χ0) is 46.3. The average molecular weight is 899 g/mol. The highest BCUT2D eigenvalue weighted by molar-refractivity contribution is 5.35. The standard InChI is InChI=1S/C11H10F6.C10H12F2.2C10H14.C9H10F2.3CH4/c1-6(2)7-3-8(10(12,13)14)5-9(4-7)11(15,16)17;1-6(2)8-4-9(11)7(3)10(12)5-8;2*1-8(2)10-6-4-9(3)5-7-10;1-6(2)7-3-8(10)5-9(11)4-7;;;/h3-6H,1-2H3;4-6H,1-3H3;2*4-8H,1-3H3;3-6H,1-2H3;3*1H4. The minimum atomic E-state index is -4.77. The van der Waals surface area contributed by atoms with Crippen molar-refractivity contribution >= 4 is 0 Å². The van der Waals surface area contributed by atoms with Gasteiger partial charge in [0.25, 0.3) is 0 Å². The molecule has 354 valence electrons. The fraction of sp³-hybridized carbons (Fsp3) is 0.434. The Bertz CT molecular complexity index is 1890. The summed E-state index contributed by atoms with van der Waals surface area (Å²) in [6.45, 7) is 25.2. The summed E-state index contributed by atoms with van der Waals surface area (Å²) < 4.78 is 126. The van der Waals surface area contributed by atoms with Crippen LogP contribution in [0.4, 0.5) is 43.9 Å². The van der Waals surface area contributed by atoms with Crippen molar-refractivity contribution in [3.05, 3.63) is 176 Å². The molecule has 0 radical (unpaired) electrons. The third kappa shape index (κ3) is 23.1. The molecule has 0 atom stereocenters. The van der Waals surface area contributed by atoms with Crippen LogP contribution in [-0.2, 0) is 12.4 Å². The Labute approximate surface area is 373 Å². The van der Waals surface area contributed by atoms with Crippen LogP contribution in [0.5, 0.6) is 0 Å². The Morgan fingerprint density at radius 2 is 0.587 bits per heavy atom. The molecule has 0 amide bonds. The summed E-state index contributed by atoms with van der Waals surface area (Å²) in [5.41, 5.74) is 4.50. The molecule has 0 bridgehead atoms. The Morgan fingerprint density at radius 3 is 0.841 bits per heavy atom. The van der Waals surface area contributed by atoms with E-state index in [-0.39, 0.29) is 51.3 Å². The van der Waals surface area contributed by atoms with E-state index in [0.29, 0.717) is 23.0 Å². The first-order valence-corrected chi connectivity index (χ1v) is 19.9. The maximum atomic E-state index is 13.0. The number of halogens is 10. The molecule has 0 fully saturated rings. The van der Waals surface area contributed by atoms with E-state index in [1.807, 2.05) is 27.7 Å². The Kier molecular flexibility index (Phi) is 28.1. The van der Waals surface area contributed by atoms with Gasteiger partial charge in [-0.2, -0.15) is 26.3 Å². The molecule has 0 aliphatic heterocycles. The van der Waals surface area contributed by atoms with Crippen molar-refractivity contribution < 1.29 is 43.9 Å². The molecular formula is C53H72F10. The summed E-state index contributed by atoms with van der Waals surface area (Å²) >= 11 is 0. The maximum absolute atomic E-state index is 13.0. The van der Waals surface area contributed by atoms with Crippen LogP contribution in [0.3, 0.4) is 0 Å². The molecule has 0 aliphatic rings. The second-order valence-corrected chi connectivity index (χ2v) is 16.2. The van der Waals surface area contributed by atoms with E-state index in [9.17, 15) is 43.9 Å². The molecule has 0 saturated heterocycles. The second-order valence-electron chi connectivity index (χ2n) is 16.2. The van der Waals surface area contributed by atoms with Crippen molar-refractivity contribution in [2.45, 2.75) is 154 Å². The van der Waals surface area contributed by atoms with Gasteiger partial charge in [-0.3, -0.25) is 0 Å². The highest BCUT2D eigenvalue weighted by atomic mass is 19.4. The molecule has 0 nitrogen and oxygen atoms in total. The molecule has 5 aromatic carbocycles. The Balaban J connectivity index is -0.000000716. The predicted molar refractivity (Wildman–Crippen MR) is 247 cm³/mol. The van der Waals surface area contributed by atoms with Crippen molar-refractivity contribution in [2.24, 2.45) is 0 Å². The van der Waals surface area contributed by atoms with Gasteiger partial charge in [0.1, 0.15) is 23.3 Å². The SMILES string of the molecule is C.C.C.CC(C)c1cc(C(F)(F)F)cc(C(F)(F)F)c1.CC(C)c1cc(F)cc(F)c1.Cc1c(F)cc(C(C)C)cc1F.Cc1ccc(C(C)C)cc1.Cc1ccc(C(C)C)cc1. The quantitative estimate of drug-likeness (QED) is 0.154. The largest absolute Gasteiger partial charge is 0.416 e. The van der Waals surface area contributed by atoms with Crippen LogP contribution >= 0.6 is 0 Å². The first-order chi connectivity index (χ1) is 27.5. The van der Waals surface area contributed by atoms with Gasteiger partial charge < -0.3 is 0 Å². The molecule has 0 aliphatic carbocycles. The van der Waals surface area contributed by atoms with E-state index in [0.717, 1.165) is 18.2 Å². The molecule has 0 heterocycles. The lowest BCUT2D eigenvalue weighted by Gasteiger charge is -2.15. The van der Waals surface area contributed by atoms with Crippen molar-refractivity contribution in [1.29, 1.82) is 0 Å². The van der Waals surface area contributed by atoms with E-state index in [1.54, 1.807) is 0 Å². The zero-order valence-electron chi connectivity index (χ0n) is 36.9. The highest BCUT2D eigenvalue weighted by Crippen LogP contribution is 2.37. The smallest absolute Gasteiger partial charge is 0.207 e. The summed E-state index contributed by atoms with van der Waals surface area (Å²) in [7, 11) is 0. The summed E-state index contributed by atoms with van der Waals surface area (Å²) in [4.78, 5) is 0. The first-order valence-electron chi connectivity index (χ1n) is 19.9. The molecule has 0 N–H and O–H groups in total. The number of hydrogen-bond acceptors (Lipinski definition) is 0. The van der Waals surface area contributed by atoms with E-state index in [2.05, 4.69) is 90.1 Å². The second kappa shape index (κ2) is 28.2. The van der Waals surface area contributed by atoms with Crippen LogP contribution < -0.4 is 0 Å². The van der Waals surface area contributed by atoms with Crippen LogP contribution in [0.25, 0.3) is 0 Å². The van der Waals surface area contributed by atoms with Crippen molar-refractivity contribution in [2.75, 3.05) is 0 Å². The van der Waals surface area contributed by atoms with E-state index in [4.69, 9.17) is 0 Å². The van der Waals surface area contributed by atoms with Gasteiger partial charge in [-0.15, -0.1) is 0 Å². The molecule has 0 unspecified atom stereocenters. The van der Waals surface area contributed by atoms with Crippen LogP contribution in [-0.4, -0.2) is 0 Å². The van der Waals surface area contributed by atoms with E-state index < -0.39 is 52.7 Å². The molecular weight excluding hydrogens is 827 g/mol. The Morgan fingerprint density at radius 1 is 0.333 bits per heavy atom. The van der Waals surface area contributed by atoms with Crippen LogP contribution in [0.15, 0.2) is 97.1 Å². The van der Waals surface area contributed by atoms with Crippen molar-refractivity contribution in [1.82, 2.24) is 0 Å². The average Bonchev–Trinajstić information content (AvgIpc) is 3.13. The topological polar surface area (TPSA) is 0 Å². The summed E-state index contributed by atoms with van der Waals surface area (Å²) in [5, 5.41) is 0. The minimum Gasteiger partial charge on any atom is -0.207 e. The first kappa shape index (κ1) is 62.7. The van der Waals surface area contributed by atoms with Gasteiger partial charge in [0.05, 0.1) is 11.1 Å². The van der Waals surface area contributed by atoms with Crippen molar-refractivity contribution in [3.8, 4) is 0 Å². The van der Waals surface area contributed by atoms with Crippen LogP contribution in [0.1, 0.15) is 177 Å². The summed E-state index contributed by atoms with van der Waals surface area (Å²) in [6, 6.07) is 25.4. The summed E-state index contributed by atoms with van der Waals surface area (Å²) in [6.07, 6.45) is -9.55. The lowest BCUT2D eigenvalue weighted by Crippen LogP contribution is -2.12. The van der Waals surface area contributed by atoms with Gasteiger partial charge in [0.15, 0.2) is 0 Å². The fourth-order valence-corrected chi connectivity index (χ4v) is 5.12. The maximum Gasteiger partial charge on any atom is 0.416 e. The number of aryl methyl sites for hydroxylation is 2. The van der Waals surface area contributed by atoms with E-state index in [1.165, 1.54) is 67.3 Å². The van der Waals surface area contributed by atoms with Gasteiger partial charge in [-0.1, -0.05) is 151 Å². The van der Waals surface area contributed by atoms with Gasteiger partial charge >= 0.3 is 12.4 Å². The molecule has 0 spiro atoms. The lowest BCUT2D eigenvalue weighted by atomic mass is 9.97. The molecule has 5 rings (SSSR count). The predicted octanol–water partition coefficient (Wildman–Crippen LogP) is 19.5. The molecule has 0 saturated carbocycles.